The number of rotatable bonds is 5. The molecule has 0 radical (unpaired) electrons. The highest BCUT2D eigenvalue weighted by atomic mass is 16.2. The van der Waals surface area contributed by atoms with E-state index in [2.05, 4.69) is 34.5 Å². The van der Waals surface area contributed by atoms with Gasteiger partial charge in [0.15, 0.2) is 0 Å². The molecule has 142 valence electrons. The highest BCUT2D eigenvalue weighted by Crippen LogP contribution is 2.32. The molecule has 0 saturated carbocycles. The number of anilines is 2. The van der Waals surface area contributed by atoms with Crippen LogP contribution < -0.4 is 27.2 Å². The van der Waals surface area contributed by atoms with Crippen LogP contribution in [0.1, 0.15) is 28.8 Å². The number of nitrogens with one attached hydrogen (secondary N) is 2. The average Bonchev–Trinajstić information content (AvgIpc) is 2.69. The molecule has 7 nitrogen and oxygen atoms in total. The Balaban J connectivity index is 1.71. The van der Waals surface area contributed by atoms with Gasteiger partial charge in [0.25, 0.3) is 0 Å². The standard InChI is InChI=1S/C20H25N5O2/c21-19(26)16-6-7-18(17(13-16)23-20(27)24-22)25-10-8-15(9-11-25)12-14-4-2-1-3-5-14/h1-7,13,15H,8-12,22H2,(H2,21,26)(H2,23,24,27). The third kappa shape index (κ3) is 4.77. The van der Waals surface area contributed by atoms with Gasteiger partial charge in [0.2, 0.25) is 5.91 Å². The largest absolute Gasteiger partial charge is 0.370 e. The maximum absolute atomic E-state index is 11.7. The Hall–Kier alpha value is -3.06. The summed E-state index contributed by atoms with van der Waals surface area (Å²) in [4.78, 5) is 25.4. The van der Waals surface area contributed by atoms with Gasteiger partial charge in [-0.05, 0) is 48.9 Å². The summed E-state index contributed by atoms with van der Waals surface area (Å²) in [7, 11) is 0. The molecule has 0 atom stereocenters. The van der Waals surface area contributed by atoms with Crippen molar-refractivity contribution in [3.63, 3.8) is 0 Å². The third-order valence-corrected chi connectivity index (χ3v) is 4.98. The van der Waals surface area contributed by atoms with E-state index in [9.17, 15) is 9.59 Å². The molecular formula is C20H25N5O2. The molecule has 1 saturated heterocycles. The van der Waals surface area contributed by atoms with Crippen LogP contribution in [0.5, 0.6) is 0 Å². The van der Waals surface area contributed by atoms with Crippen LogP contribution in [0.3, 0.4) is 0 Å². The summed E-state index contributed by atoms with van der Waals surface area (Å²) in [6.07, 6.45) is 3.21. The van der Waals surface area contributed by atoms with Gasteiger partial charge in [-0.2, -0.15) is 0 Å². The Morgan fingerprint density at radius 1 is 1.07 bits per heavy atom. The summed E-state index contributed by atoms with van der Waals surface area (Å²) in [5.74, 6) is 5.26. The Labute approximate surface area is 158 Å². The quantitative estimate of drug-likeness (QED) is 0.369. The van der Waals surface area contributed by atoms with Crippen LogP contribution in [-0.4, -0.2) is 25.0 Å². The van der Waals surface area contributed by atoms with E-state index in [4.69, 9.17) is 11.6 Å². The molecule has 27 heavy (non-hydrogen) atoms. The highest BCUT2D eigenvalue weighted by molar-refractivity contribution is 5.98. The number of carbonyl (C=O) groups is 2. The molecule has 0 aromatic heterocycles. The van der Waals surface area contributed by atoms with E-state index in [1.165, 1.54) is 5.56 Å². The molecule has 1 aliphatic rings. The fourth-order valence-electron chi connectivity index (χ4n) is 3.55. The number of urea groups is 1. The minimum Gasteiger partial charge on any atom is -0.370 e. The van der Waals surface area contributed by atoms with Crippen molar-refractivity contribution in [2.45, 2.75) is 19.3 Å². The first-order valence-electron chi connectivity index (χ1n) is 9.07. The van der Waals surface area contributed by atoms with Crippen LogP contribution in [0.15, 0.2) is 48.5 Å². The minimum atomic E-state index is -0.545. The molecule has 3 rings (SSSR count). The van der Waals surface area contributed by atoms with Crippen LogP contribution >= 0.6 is 0 Å². The van der Waals surface area contributed by atoms with E-state index in [1.54, 1.807) is 12.1 Å². The lowest BCUT2D eigenvalue weighted by atomic mass is 9.90. The topological polar surface area (TPSA) is 113 Å². The number of nitrogens with two attached hydrogens (primary N) is 2. The van der Waals surface area contributed by atoms with Crippen molar-refractivity contribution in [2.24, 2.45) is 17.5 Å². The van der Waals surface area contributed by atoms with Crippen LogP contribution in [-0.2, 0) is 6.42 Å². The van der Waals surface area contributed by atoms with Gasteiger partial charge in [-0.25, -0.2) is 10.6 Å². The summed E-state index contributed by atoms with van der Waals surface area (Å²) in [6.45, 7) is 1.76. The Kier molecular flexibility index (Phi) is 5.93. The van der Waals surface area contributed by atoms with Gasteiger partial charge in [0, 0.05) is 18.7 Å². The van der Waals surface area contributed by atoms with Crippen molar-refractivity contribution in [1.82, 2.24) is 5.43 Å². The molecule has 0 aliphatic carbocycles. The number of hydrogen-bond acceptors (Lipinski definition) is 4. The van der Waals surface area contributed by atoms with E-state index >= 15 is 0 Å². The number of benzene rings is 2. The van der Waals surface area contributed by atoms with Crippen LogP contribution in [0, 0.1) is 5.92 Å². The maximum atomic E-state index is 11.7. The van der Waals surface area contributed by atoms with Gasteiger partial charge in [-0.15, -0.1) is 0 Å². The molecule has 1 fully saturated rings. The normalized spacial score (nSPS) is 14.6. The number of hydrazine groups is 1. The van der Waals surface area contributed by atoms with Gasteiger partial charge in [0.05, 0.1) is 11.4 Å². The van der Waals surface area contributed by atoms with E-state index in [1.807, 2.05) is 17.6 Å². The number of piperidine rings is 1. The van der Waals surface area contributed by atoms with Gasteiger partial charge in [-0.1, -0.05) is 30.3 Å². The summed E-state index contributed by atoms with van der Waals surface area (Å²) in [5.41, 5.74) is 10.5. The zero-order chi connectivity index (χ0) is 19.2. The van der Waals surface area contributed by atoms with Gasteiger partial charge in [-0.3, -0.25) is 10.2 Å². The second-order valence-electron chi connectivity index (χ2n) is 6.81. The van der Waals surface area contributed by atoms with Crippen molar-refractivity contribution in [3.8, 4) is 0 Å². The van der Waals surface area contributed by atoms with Crippen LogP contribution in [0.2, 0.25) is 0 Å². The second-order valence-corrected chi connectivity index (χ2v) is 6.81. The predicted molar refractivity (Wildman–Crippen MR) is 106 cm³/mol. The first-order valence-corrected chi connectivity index (χ1v) is 9.07. The number of carbonyl (C=O) groups excluding carboxylic acids is 2. The number of amides is 3. The lowest BCUT2D eigenvalue weighted by Gasteiger charge is -2.35. The molecule has 2 aromatic carbocycles. The van der Waals surface area contributed by atoms with E-state index in [-0.39, 0.29) is 0 Å². The Morgan fingerprint density at radius 2 is 1.78 bits per heavy atom. The molecule has 0 spiro atoms. The number of primary amides is 1. The Morgan fingerprint density at radius 3 is 2.41 bits per heavy atom. The van der Waals surface area contributed by atoms with Gasteiger partial charge < -0.3 is 16.0 Å². The smallest absolute Gasteiger partial charge is 0.333 e. The van der Waals surface area contributed by atoms with Crippen LogP contribution in [0.4, 0.5) is 16.2 Å². The fraction of sp³-hybridized carbons (Fsp3) is 0.300. The van der Waals surface area contributed by atoms with Crippen LogP contribution in [0.25, 0.3) is 0 Å². The maximum Gasteiger partial charge on any atom is 0.333 e. The number of nitrogens with zero attached hydrogens (tertiary/aromatic N) is 1. The van der Waals surface area contributed by atoms with E-state index < -0.39 is 11.9 Å². The monoisotopic (exact) mass is 367 g/mol. The first-order chi connectivity index (χ1) is 13.1. The minimum absolute atomic E-state index is 0.338. The van der Waals surface area contributed by atoms with Gasteiger partial charge in [0.1, 0.15) is 0 Å². The molecular weight excluding hydrogens is 342 g/mol. The molecule has 2 aromatic rings. The third-order valence-electron chi connectivity index (χ3n) is 4.98. The highest BCUT2D eigenvalue weighted by Gasteiger charge is 2.22. The van der Waals surface area contributed by atoms with E-state index in [0.29, 0.717) is 17.2 Å². The molecule has 1 aliphatic heterocycles. The summed E-state index contributed by atoms with van der Waals surface area (Å²) in [5, 5.41) is 2.68. The molecule has 3 amide bonds. The second kappa shape index (κ2) is 8.55. The summed E-state index contributed by atoms with van der Waals surface area (Å²) >= 11 is 0. The van der Waals surface area contributed by atoms with Crippen molar-refractivity contribution in [2.75, 3.05) is 23.3 Å². The van der Waals surface area contributed by atoms with Crippen molar-refractivity contribution in [3.05, 3.63) is 59.7 Å². The molecule has 0 unspecified atom stereocenters. The average molecular weight is 367 g/mol. The van der Waals surface area contributed by atoms with Crippen molar-refractivity contribution in [1.29, 1.82) is 0 Å². The number of hydrogen-bond donors (Lipinski definition) is 4. The van der Waals surface area contributed by atoms with E-state index in [0.717, 1.165) is 38.0 Å². The predicted octanol–water partition coefficient (Wildman–Crippen LogP) is 2.24. The molecule has 7 heteroatoms. The fourth-order valence-corrected chi connectivity index (χ4v) is 3.55. The molecule has 1 heterocycles. The zero-order valence-electron chi connectivity index (χ0n) is 15.2. The van der Waals surface area contributed by atoms with Gasteiger partial charge >= 0.3 is 6.03 Å². The lowest BCUT2D eigenvalue weighted by molar-refractivity contribution is 0.100. The van der Waals surface area contributed by atoms with Crippen molar-refractivity contribution >= 4 is 23.3 Å². The lowest BCUT2D eigenvalue weighted by Crippen LogP contribution is -2.37. The molecule has 0 bridgehead atoms. The summed E-state index contributed by atoms with van der Waals surface area (Å²) in [6, 6.07) is 15.1. The summed E-state index contributed by atoms with van der Waals surface area (Å²) < 4.78 is 0. The molecule has 6 N–H and O–H groups in total. The Bertz CT molecular complexity index is 801. The van der Waals surface area contributed by atoms with Crippen molar-refractivity contribution < 1.29 is 9.59 Å². The first kappa shape index (κ1) is 18.7. The zero-order valence-corrected chi connectivity index (χ0v) is 15.2. The SMILES string of the molecule is NNC(=O)Nc1cc(C(N)=O)ccc1N1CCC(Cc2ccccc2)CC1.